The van der Waals surface area contributed by atoms with Gasteiger partial charge in [0.1, 0.15) is 5.02 Å². The van der Waals surface area contributed by atoms with Gasteiger partial charge in [0.25, 0.3) is 0 Å². The largest absolute Gasteiger partial charge is 0.448 e. The topological polar surface area (TPSA) is 39.2 Å². The van der Waals surface area contributed by atoms with E-state index in [1.807, 2.05) is 0 Å². The van der Waals surface area contributed by atoms with Crippen LogP contribution >= 0.6 is 11.6 Å². The summed E-state index contributed by atoms with van der Waals surface area (Å²) in [7, 11) is 0. The Morgan fingerprint density at radius 3 is 2.57 bits per heavy atom. The summed E-state index contributed by atoms with van der Waals surface area (Å²) in [6.07, 6.45) is 1.44. The van der Waals surface area contributed by atoms with Gasteiger partial charge in [0, 0.05) is 0 Å². The van der Waals surface area contributed by atoms with E-state index in [-0.39, 0.29) is 5.88 Å². The summed E-state index contributed by atoms with van der Waals surface area (Å²) < 4.78 is 4.61. The van der Waals surface area contributed by atoms with Gasteiger partial charge in [-0.3, -0.25) is 0 Å². The second kappa shape index (κ2) is 1.46. The minimum absolute atomic E-state index is 0.279. The molecule has 2 nitrogen and oxygen atoms in total. The molecule has 0 radical (unpaired) electrons. The van der Waals surface area contributed by atoms with E-state index in [1.54, 1.807) is 6.07 Å². The Balaban J connectivity index is 3.12. The van der Waals surface area contributed by atoms with Crippen LogP contribution in [0.3, 0.4) is 0 Å². The highest BCUT2D eigenvalue weighted by molar-refractivity contribution is 6.32. The van der Waals surface area contributed by atoms with Crippen LogP contribution < -0.4 is 5.73 Å². The SMILES string of the molecule is Nc1occc1Cl. The second-order valence-electron chi connectivity index (χ2n) is 1.13. The van der Waals surface area contributed by atoms with E-state index in [1.165, 1.54) is 6.26 Å². The van der Waals surface area contributed by atoms with Gasteiger partial charge in [-0.2, -0.15) is 0 Å². The van der Waals surface area contributed by atoms with Crippen molar-refractivity contribution in [1.82, 2.24) is 0 Å². The van der Waals surface area contributed by atoms with Gasteiger partial charge >= 0.3 is 0 Å². The van der Waals surface area contributed by atoms with Crippen molar-refractivity contribution >= 4 is 17.5 Å². The van der Waals surface area contributed by atoms with Crippen molar-refractivity contribution in [2.75, 3.05) is 5.73 Å². The summed E-state index contributed by atoms with van der Waals surface area (Å²) in [4.78, 5) is 0. The zero-order chi connectivity index (χ0) is 5.28. The predicted octanol–water partition coefficient (Wildman–Crippen LogP) is 1.52. The zero-order valence-corrected chi connectivity index (χ0v) is 4.27. The lowest BCUT2D eigenvalue weighted by molar-refractivity contribution is 0.588. The predicted molar refractivity (Wildman–Crippen MR) is 28.1 cm³/mol. The molecular weight excluding hydrogens is 114 g/mol. The molecule has 3 heteroatoms. The van der Waals surface area contributed by atoms with Crippen LogP contribution in [0.1, 0.15) is 0 Å². The van der Waals surface area contributed by atoms with Crippen molar-refractivity contribution in [3.63, 3.8) is 0 Å². The molecule has 0 aliphatic carbocycles. The molecule has 0 spiro atoms. The van der Waals surface area contributed by atoms with Gasteiger partial charge in [-0.1, -0.05) is 11.6 Å². The fraction of sp³-hybridized carbons (Fsp3) is 0. The first-order chi connectivity index (χ1) is 3.30. The molecule has 1 aromatic rings. The monoisotopic (exact) mass is 117 g/mol. The van der Waals surface area contributed by atoms with E-state index < -0.39 is 0 Å². The molecule has 0 atom stereocenters. The van der Waals surface area contributed by atoms with Crippen LogP contribution in [0, 0.1) is 0 Å². The van der Waals surface area contributed by atoms with Gasteiger partial charge in [-0.15, -0.1) is 0 Å². The molecule has 0 amide bonds. The number of hydrogen-bond acceptors (Lipinski definition) is 2. The maximum Gasteiger partial charge on any atom is 0.208 e. The average Bonchev–Trinajstić information content (AvgIpc) is 1.91. The van der Waals surface area contributed by atoms with Gasteiger partial charge in [0.15, 0.2) is 0 Å². The Morgan fingerprint density at radius 1 is 1.71 bits per heavy atom. The average molecular weight is 118 g/mol. The van der Waals surface area contributed by atoms with Gasteiger partial charge in [0.2, 0.25) is 5.88 Å². The first-order valence-corrected chi connectivity index (χ1v) is 2.17. The van der Waals surface area contributed by atoms with E-state index in [4.69, 9.17) is 17.3 Å². The third kappa shape index (κ3) is 0.695. The van der Waals surface area contributed by atoms with Crippen molar-refractivity contribution in [1.29, 1.82) is 0 Å². The standard InChI is InChI=1S/C4H4ClNO/c5-3-1-2-7-4(3)6/h1-2H,6H2. The summed E-state index contributed by atoms with van der Waals surface area (Å²) in [5.41, 5.74) is 5.14. The molecule has 0 bridgehead atoms. The molecule has 0 aliphatic rings. The number of halogens is 1. The van der Waals surface area contributed by atoms with Crippen molar-refractivity contribution in [3.05, 3.63) is 17.4 Å². The quantitative estimate of drug-likeness (QED) is 0.560. The number of anilines is 1. The van der Waals surface area contributed by atoms with Gasteiger partial charge in [-0.05, 0) is 6.07 Å². The Bertz CT molecular complexity index is 144. The van der Waals surface area contributed by atoms with Crippen LogP contribution in [0.2, 0.25) is 5.02 Å². The zero-order valence-electron chi connectivity index (χ0n) is 3.52. The van der Waals surface area contributed by atoms with Crippen molar-refractivity contribution in [2.24, 2.45) is 0 Å². The van der Waals surface area contributed by atoms with E-state index in [2.05, 4.69) is 4.42 Å². The molecule has 0 saturated heterocycles. The summed E-state index contributed by atoms with van der Waals surface area (Å²) in [6.45, 7) is 0. The fourth-order valence-electron chi connectivity index (χ4n) is 0.305. The Hall–Kier alpha value is -0.630. The number of furan rings is 1. The normalized spacial score (nSPS) is 9.29. The minimum Gasteiger partial charge on any atom is -0.448 e. The second-order valence-corrected chi connectivity index (χ2v) is 1.54. The van der Waals surface area contributed by atoms with Gasteiger partial charge in [-0.25, -0.2) is 0 Å². The highest BCUT2D eigenvalue weighted by atomic mass is 35.5. The van der Waals surface area contributed by atoms with Crippen LogP contribution in [0.5, 0.6) is 0 Å². The summed E-state index contributed by atoms with van der Waals surface area (Å²) in [5, 5.41) is 0.472. The fourth-order valence-corrected chi connectivity index (χ4v) is 0.401. The Labute approximate surface area is 45.9 Å². The van der Waals surface area contributed by atoms with Crippen LogP contribution in [-0.4, -0.2) is 0 Å². The van der Waals surface area contributed by atoms with Crippen LogP contribution in [-0.2, 0) is 0 Å². The lowest BCUT2D eigenvalue weighted by atomic mass is 10.6. The van der Waals surface area contributed by atoms with Crippen LogP contribution in [0.25, 0.3) is 0 Å². The molecule has 0 saturated carbocycles. The molecule has 1 heterocycles. The molecule has 0 aromatic carbocycles. The number of nitrogens with two attached hydrogens (primary N) is 1. The first-order valence-electron chi connectivity index (χ1n) is 1.79. The molecule has 1 aromatic heterocycles. The van der Waals surface area contributed by atoms with E-state index in [0.717, 1.165) is 0 Å². The van der Waals surface area contributed by atoms with Crippen LogP contribution in [0.4, 0.5) is 5.88 Å². The van der Waals surface area contributed by atoms with Crippen LogP contribution in [0.15, 0.2) is 16.7 Å². The Kier molecular flexibility index (Phi) is 0.947. The summed E-state index contributed by atoms with van der Waals surface area (Å²) in [5.74, 6) is 0.279. The van der Waals surface area contributed by atoms with Gasteiger partial charge in [0.05, 0.1) is 6.26 Å². The molecule has 0 fully saturated rings. The summed E-state index contributed by atoms with van der Waals surface area (Å²) >= 11 is 5.41. The van der Waals surface area contributed by atoms with Crippen molar-refractivity contribution < 1.29 is 4.42 Å². The van der Waals surface area contributed by atoms with E-state index in [9.17, 15) is 0 Å². The Morgan fingerprint density at radius 2 is 2.43 bits per heavy atom. The highest BCUT2D eigenvalue weighted by Gasteiger charge is 1.92. The molecule has 7 heavy (non-hydrogen) atoms. The number of hydrogen-bond donors (Lipinski definition) is 1. The van der Waals surface area contributed by atoms with Gasteiger partial charge < -0.3 is 10.2 Å². The van der Waals surface area contributed by atoms with Crippen molar-refractivity contribution in [3.8, 4) is 0 Å². The lowest BCUT2D eigenvalue weighted by Crippen LogP contribution is -1.77. The smallest absolute Gasteiger partial charge is 0.208 e. The van der Waals surface area contributed by atoms with E-state index in [0.29, 0.717) is 5.02 Å². The molecular formula is C4H4ClNO. The number of rotatable bonds is 0. The third-order valence-electron chi connectivity index (χ3n) is 0.645. The van der Waals surface area contributed by atoms with Crippen molar-refractivity contribution in [2.45, 2.75) is 0 Å². The molecule has 0 unspecified atom stereocenters. The maximum absolute atomic E-state index is 5.41. The lowest BCUT2D eigenvalue weighted by Gasteiger charge is -1.77. The van der Waals surface area contributed by atoms with E-state index >= 15 is 0 Å². The third-order valence-corrected chi connectivity index (χ3v) is 0.957. The molecule has 0 aliphatic heterocycles. The number of nitrogen functional groups attached to an aromatic ring is 1. The maximum atomic E-state index is 5.41. The summed E-state index contributed by atoms with van der Waals surface area (Å²) in [6, 6.07) is 1.59. The highest BCUT2D eigenvalue weighted by Crippen LogP contribution is 2.17. The molecule has 2 N–H and O–H groups in total. The molecule has 38 valence electrons. The molecule has 1 rings (SSSR count). The first kappa shape index (κ1) is 4.53. The minimum atomic E-state index is 0.279.